The van der Waals surface area contributed by atoms with Gasteiger partial charge in [0.2, 0.25) is 5.91 Å². The van der Waals surface area contributed by atoms with Crippen LogP contribution in [0.15, 0.2) is 54.6 Å². The van der Waals surface area contributed by atoms with Crippen LogP contribution in [0.5, 0.6) is 0 Å². The molecule has 4 rings (SSSR count). The number of hydrogen-bond acceptors (Lipinski definition) is 3. The number of fused-ring (bicyclic) bond motifs is 1. The lowest BCUT2D eigenvalue weighted by molar-refractivity contribution is -0.122. The molecule has 3 N–H and O–H groups in total. The number of para-hydroxylation sites is 3. The highest BCUT2D eigenvalue weighted by Crippen LogP contribution is 2.22. The summed E-state index contributed by atoms with van der Waals surface area (Å²) in [5, 5.41) is 3.17. The van der Waals surface area contributed by atoms with Crippen molar-refractivity contribution in [3.8, 4) is 5.69 Å². The minimum absolute atomic E-state index is 0.0992. The molecule has 1 aliphatic rings. The summed E-state index contributed by atoms with van der Waals surface area (Å²) < 4.78 is 2.16. The van der Waals surface area contributed by atoms with Crippen molar-refractivity contribution in [1.29, 1.82) is 0 Å². The van der Waals surface area contributed by atoms with Crippen LogP contribution < -0.4 is 11.1 Å². The van der Waals surface area contributed by atoms with Crippen molar-refractivity contribution in [3.05, 3.63) is 60.4 Å². The number of aromatic nitrogens is 2. The van der Waals surface area contributed by atoms with Crippen LogP contribution >= 0.6 is 0 Å². The van der Waals surface area contributed by atoms with Gasteiger partial charge in [-0.15, -0.1) is 0 Å². The molecule has 1 heterocycles. The van der Waals surface area contributed by atoms with E-state index >= 15 is 0 Å². The zero-order valence-corrected chi connectivity index (χ0v) is 15.5. The lowest BCUT2D eigenvalue weighted by Gasteiger charge is -2.26. The topological polar surface area (TPSA) is 72.9 Å². The van der Waals surface area contributed by atoms with Gasteiger partial charge in [0.15, 0.2) is 0 Å². The van der Waals surface area contributed by atoms with Gasteiger partial charge in [-0.3, -0.25) is 9.36 Å². The Labute approximate surface area is 159 Å². The molecule has 5 nitrogen and oxygen atoms in total. The number of rotatable bonds is 5. The van der Waals surface area contributed by atoms with E-state index < -0.39 is 0 Å². The summed E-state index contributed by atoms with van der Waals surface area (Å²) in [5.74, 6) is 1.02. The van der Waals surface area contributed by atoms with Gasteiger partial charge in [-0.05, 0) is 49.9 Å². The first-order valence-corrected chi connectivity index (χ1v) is 9.77. The molecule has 0 atom stereocenters. The summed E-state index contributed by atoms with van der Waals surface area (Å²) in [6.45, 7) is 0. The number of imidazole rings is 1. The standard InChI is InChI=1S/C22H26N4O/c23-16-10-12-17(13-11-16)24-22(27)15-14-21-25-19-8-4-5-9-20(19)26(21)18-6-2-1-3-7-18/h1-9,16-17H,10-15,23H2,(H,24,27). The fraction of sp³-hybridized carbons (Fsp3) is 0.364. The molecule has 0 radical (unpaired) electrons. The molecule has 0 aliphatic heterocycles. The average Bonchev–Trinajstić information content (AvgIpc) is 3.07. The first kappa shape index (κ1) is 17.7. The molecule has 1 fully saturated rings. The Bertz CT molecular complexity index is 910. The summed E-state index contributed by atoms with van der Waals surface area (Å²) in [4.78, 5) is 17.2. The quantitative estimate of drug-likeness (QED) is 0.731. The van der Waals surface area contributed by atoms with E-state index in [2.05, 4.69) is 28.1 Å². The van der Waals surface area contributed by atoms with E-state index in [0.29, 0.717) is 18.9 Å². The lowest BCUT2D eigenvalue weighted by Crippen LogP contribution is -2.40. The summed E-state index contributed by atoms with van der Waals surface area (Å²) >= 11 is 0. The summed E-state index contributed by atoms with van der Waals surface area (Å²) in [6.07, 6.45) is 5.01. The van der Waals surface area contributed by atoms with E-state index in [0.717, 1.165) is 48.2 Å². The second-order valence-electron chi connectivity index (χ2n) is 7.37. The van der Waals surface area contributed by atoms with Crippen molar-refractivity contribution in [3.63, 3.8) is 0 Å². The number of aryl methyl sites for hydroxylation is 1. The summed E-state index contributed by atoms with van der Waals surface area (Å²) in [6, 6.07) is 18.9. The molecule has 1 saturated carbocycles. The van der Waals surface area contributed by atoms with E-state index in [4.69, 9.17) is 10.7 Å². The molecule has 3 aromatic rings. The van der Waals surface area contributed by atoms with Crippen LogP contribution in [0.2, 0.25) is 0 Å². The van der Waals surface area contributed by atoms with Crippen molar-refractivity contribution in [2.75, 3.05) is 0 Å². The maximum absolute atomic E-state index is 12.4. The number of carbonyl (C=O) groups excluding carboxylic acids is 1. The smallest absolute Gasteiger partial charge is 0.220 e. The molecule has 0 unspecified atom stereocenters. The first-order valence-electron chi connectivity index (χ1n) is 9.77. The van der Waals surface area contributed by atoms with E-state index in [9.17, 15) is 4.79 Å². The van der Waals surface area contributed by atoms with Crippen LogP contribution in [0.25, 0.3) is 16.7 Å². The van der Waals surface area contributed by atoms with Crippen molar-refractivity contribution in [2.24, 2.45) is 5.73 Å². The van der Waals surface area contributed by atoms with Crippen LogP contribution in [-0.2, 0) is 11.2 Å². The van der Waals surface area contributed by atoms with Gasteiger partial charge in [0.05, 0.1) is 11.0 Å². The van der Waals surface area contributed by atoms with Gasteiger partial charge >= 0.3 is 0 Å². The number of nitrogens with zero attached hydrogens (tertiary/aromatic N) is 2. The minimum Gasteiger partial charge on any atom is -0.353 e. The largest absolute Gasteiger partial charge is 0.353 e. The minimum atomic E-state index is 0.0992. The molecule has 140 valence electrons. The highest BCUT2D eigenvalue weighted by Gasteiger charge is 2.20. The zero-order chi connectivity index (χ0) is 18.6. The third-order valence-electron chi connectivity index (χ3n) is 5.36. The monoisotopic (exact) mass is 362 g/mol. The van der Waals surface area contributed by atoms with Gasteiger partial charge < -0.3 is 11.1 Å². The number of benzene rings is 2. The Balaban J connectivity index is 1.49. The van der Waals surface area contributed by atoms with Gasteiger partial charge in [0, 0.05) is 30.6 Å². The van der Waals surface area contributed by atoms with E-state index in [1.807, 2.05) is 36.4 Å². The van der Waals surface area contributed by atoms with Crippen molar-refractivity contribution in [1.82, 2.24) is 14.9 Å². The molecule has 5 heteroatoms. The zero-order valence-electron chi connectivity index (χ0n) is 15.5. The molecular formula is C22H26N4O. The fourth-order valence-corrected chi connectivity index (χ4v) is 3.90. The fourth-order valence-electron chi connectivity index (χ4n) is 3.90. The van der Waals surface area contributed by atoms with Crippen molar-refractivity contribution < 1.29 is 4.79 Å². The predicted octanol–water partition coefficient (Wildman–Crippen LogP) is 3.34. The third-order valence-corrected chi connectivity index (χ3v) is 5.36. The van der Waals surface area contributed by atoms with Crippen LogP contribution in [-0.4, -0.2) is 27.5 Å². The van der Waals surface area contributed by atoms with Crippen molar-refractivity contribution in [2.45, 2.75) is 50.6 Å². The molecule has 27 heavy (non-hydrogen) atoms. The molecule has 0 bridgehead atoms. The maximum atomic E-state index is 12.4. The number of carbonyl (C=O) groups is 1. The summed E-state index contributed by atoms with van der Waals surface area (Å²) in [7, 11) is 0. The van der Waals surface area contributed by atoms with Crippen LogP contribution in [0.3, 0.4) is 0 Å². The van der Waals surface area contributed by atoms with E-state index in [1.165, 1.54) is 0 Å². The van der Waals surface area contributed by atoms with Gasteiger partial charge in [0.1, 0.15) is 5.82 Å². The molecule has 1 amide bonds. The van der Waals surface area contributed by atoms with Gasteiger partial charge in [0.25, 0.3) is 0 Å². The molecule has 1 aromatic heterocycles. The van der Waals surface area contributed by atoms with Crippen LogP contribution in [0, 0.1) is 0 Å². The van der Waals surface area contributed by atoms with Crippen molar-refractivity contribution >= 4 is 16.9 Å². The van der Waals surface area contributed by atoms with E-state index in [-0.39, 0.29) is 11.9 Å². The Morgan fingerprint density at radius 3 is 2.52 bits per heavy atom. The molecule has 0 saturated heterocycles. The Hall–Kier alpha value is -2.66. The number of amides is 1. The van der Waals surface area contributed by atoms with Gasteiger partial charge in [-0.1, -0.05) is 30.3 Å². The third kappa shape index (κ3) is 4.03. The SMILES string of the molecule is NC1CCC(NC(=O)CCc2nc3ccccc3n2-c2ccccc2)CC1. The Morgan fingerprint density at radius 1 is 1.04 bits per heavy atom. The maximum Gasteiger partial charge on any atom is 0.220 e. The highest BCUT2D eigenvalue weighted by molar-refractivity contribution is 5.79. The molecule has 1 aliphatic carbocycles. The molecule has 0 spiro atoms. The lowest BCUT2D eigenvalue weighted by atomic mass is 9.92. The summed E-state index contributed by atoms with van der Waals surface area (Å²) in [5.41, 5.74) is 9.05. The molecule has 2 aromatic carbocycles. The predicted molar refractivity (Wildman–Crippen MR) is 108 cm³/mol. The van der Waals surface area contributed by atoms with Gasteiger partial charge in [-0.2, -0.15) is 0 Å². The average molecular weight is 362 g/mol. The van der Waals surface area contributed by atoms with Gasteiger partial charge in [-0.25, -0.2) is 4.98 Å². The second kappa shape index (κ2) is 7.92. The Morgan fingerprint density at radius 2 is 1.74 bits per heavy atom. The van der Waals surface area contributed by atoms with E-state index in [1.54, 1.807) is 0 Å². The number of nitrogens with one attached hydrogen (secondary N) is 1. The molecular weight excluding hydrogens is 336 g/mol. The number of nitrogens with two attached hydrogens (primary N) is 1. The normalized spacial score (nSPS) is 19.9. The van der Waals surface area contributed by atoms with Crippen LogP contribution in [0.4, 0.5) is 0 Å². The highest BCUT2D eigenvalue weighted by atomic mass is 16.1. The Kier molecular flexibility index (Phi) is 5.21. The first-order chi connectivity index (χ1) is 13.2. The van der Waals surface area contributed by atoms with Crippen LogP contribution in [0.1, 0.15) is 37.9 Å². The second-order valence-corrected chi connectivity index (χ2v) is 7.37. The number of hydrogen-bond donors (Lipinski definition) is 2.